The van der Waals surface area contributed by atoms with E-state index in [2.05, 4.69) is 5.48 Å². The Kier molecular flexibility index (Phi) is 6.00. The molecule has 0 radical (unpaired) electrons. The maximum atomic E-state index is 9.25. The number of hydrogen-bond acceptors (Lipinski definition) is 3. The Morgan fingerprint density at radius 3 is 2.24 bits per heavy atom. The predicted octanol–water partition coefficient (Wildman–Crippen LogP) is 3.65. The highest BCUT2D eigenvalue weighted by atomic mass is 35.5. The molecule has 1 unspecified atom stereocenters. The minimum Gasteiger partial charge on any atom is -0.330 e. The molecule has 3 nitrogen and oxygen atoms in total. The molecule has 6 heteroatoms. The average Bonchev–Trinajstić information content (AvgIpc) is 2.23. The molecule has 0 saturated heterocycles. The molecular weight excluding hydrogens is 282 g/mol. The van der Waals surface area contributed by atoms with Crippen molar-refractivity contribution < 1.29 is 5.21 Å². The SMILES string of the molecule is CC(CCN)[C@@H](NO)c1c(Cl)cc(Cl)cc1Cl. The number of nitrogens with one attached hydrogen (secondary N) is 1. The monoisotopic (exact) mass is 296 g/mol. The summed E-state index contributed by atoms with van der Waals surface area (Å²) >= 11 is 18.0. The zero-order valence-electron chi connectivity index (χ0n) is 9.38. The first-order valence-corrected chi connectivity index (χ1v) is 6.38. The fraction of sp³-hybridized carbons (Fsp3) is 0.455. The lowest BCUT2D eigenvalue weighted by Gasteiger charge is -2.24. The van der Waals surface area contributed by atoms with Gasteiger partial charge >= 0.3 is 0 Å². The van der Waals surface area contributed by atoms with Crippen LogP contribution in [0.15, 0.2) is 12.1 Å². The van der Waals surface area contributed by atoms with E-state index in [1.807, 2.05) is 6.92 Å². The topological polar surface area (TPSA) is 58.3 Å². The van der Waals surface area contributed by atoms with Crippen LogP contribution >= 0.6 is 34.8 Å². The summed E-state index contributed by atoms with van der Waals surface area (Å²) in [5, 5.41) is 10.6. The number of nitrogens with two attached hydrogens (primary N) is 1. The van der Waals surface area contributed by atoms with Crippen molar-refractivity contribution >= 4 is 34.8 Å². The van der Waals surface area contributed by atoms with Gasteiger partial charge < -0.3 is 10.9 Å². The van der Waals surface area contributed by atoms with Crippen LogP contribution in [0.4, 0.5) is 0 Å². The average molecular weight is 298 g/mol. The second-order valence-electron chi connectivity index (χ2n) is 3.94. The Balaban J connectivity index is 3.11. The van der Waals surface area contributed by atoms with Crippen molar-refractivity contribution in [1.82, 2.24) is 5.48 Å². The molecule has 0 aromatic heterocycles. The Morgan fingerprint density at radius 2 is 1.82 bits per heavy atom. The van der Waals surface area contributed by atoms with Crippen LogP contribution in [-0.4, -0.2) is 11.8 Å². The highest BCUT2D eigenvalue weighted by Gasteiger charge is 2.23. The van der Waals surface area contributed by atoms with Crippen LogP contribution in [0.1, 0.15) is 24.9 Å². The highest BCUT2D eigenvalue weighted by molar-refractivity contribution is 6.39. The van der Waals surface area contributed by atoms with E-state index in [0.717, 1.165) is 6.42 Å². The van der Waals surface area contributed by atoms with E-state index in [-0.39, 0.29) is 12.0 Å². The minimum absolute atomic E-state index is 0.0983. The maximum Gasteiger partial charge on any atom is 0.0624 e. The molecule has 0 spiro atoms. The molecule has 0 saturated carbocycles. The maximum absolute atomic E-state index is 9.25. The van der Waals surface area contributed by atoms with Crippen molar-refractivity contribution in [3.63, 3.8) is 0 Å². The second-order valence-corrected chi connectivity index (χ2v) is 5.20. The van der Waals surface area contributed by atoms with Gasteiger partial charge in [0, 0.05) is 20.6 Å². The lowest BCUT2D eigenvalue weighted by molar-refractivity contribution is 0.0990. The molecule has 4 N–H and O–H groups in total. The van der Waals surface area contributed by atoms with Gasteiger partial charge in [-0.25, -0.2) is 0 Å². The van der Waals surface area contributed by atoms with E-state index >= 15 is 0 Å². The third-order valence-electron chi connectivity index (χ3n) is 2.68. The first kappa shape index (κ1) is 15.0. The van der Waals surface area contributed by atoms with Crippen LogP contribution in [0.25, 0.3) is 0 Å². The summed E-state index contributed by atoms with van der Waals surface area (Å²) in [6.07, 6.45) is 0.744. The summed E-state index contributed by atoms with van der Waals surface area (Å²) in [6, 6.07) is 2.84. The fourth-order valence-electron chi connectivity index (χ4n) is 1.76. The third kappa shape index (κ3) is 3.71. The Bertz CT molecular complexity index is 364. The van der Waals surface area contributed by atoms with E-state index in [9.17, 15) is 5.21 Å². The molecule has 0 bridgehead atoms. The summed E-state index contributed by atoms with van der Waals surface area (Å²) in [6.45, 7) is 2.49. The largest absolute Gasteiger partial charge is 0.330 e. The highest BCUT2D eigenvalue weighted by Crippen LogP contribution is 2.37. The summed E-state index contributed by atoms with van der Waals surface area (Å²) in [5.74, 6) is 0.0983. The lowest BCUT2D eigenvalue weighted by atomic mass is 9.92. The number of benzene rings is 1. The van der Waals surface area contributed by atoms with Gasteiger partial charge in [0.05, 0.1) is 6.04 Å². The Labute approximate surface area is 116 Å². The van der Waals surface area contributed by atoms with Crippen molar-refractivity contribution in [2.24, 2.45) is 11.7 Å². The number of halogens is 3. The quantitative estimate of drug-likeness (QED) is 0.727. The van der Waals surface area contributed by atoms with Crippen LogP contribution in [0, 0.1) is 5.92 Å². The molecule has 2 atom stereocenters. The van der Waals surface area contributed by atoms with Crippen LogP contribution in [-0.2, 0) is 0 Å². The van der Waals surface area contributed by atoms with E-state index in [4.69, 9.17) is 40.5 Å². The van der Waals surface area contributed by atoms with E-state index in [1.54, 1.807) is 12.1 Å². The minimum atomic E-state index is -0.365. The fourth-order valence-corrected chi connectivity index (χ4v) is 2.81. The standard InChI is InChI=1S/C11H15Cl3N2O/c1-6(2-3-15)11(16-17)10-8(13)4-7(12)5-9(10)14/h4-6,11,16-17H,2-3,15H2,1H3/t6?,11-/m1/s1. The number of hydrogen-bond donors (Lipinski definition) is 3. The Hall–Kier alpha value is -0.0300. The van der Waals surface area contributed by atoms with Gasteiger partial charge in [0.1, 0.15) is 0 Å². The van der Waals surface area contributed by atoms with Crippen molar-refractivity contribution in [2.45, 2.75) is 19.4 Å². The van der Waals surface area contributed by atoms with Crippen molar-refractivity contribution in [2.75, 3.05) is 6.54 Å². The zero-order valence-corrected chi connectivity index (χ0v) is 11.6. The molecular formula is C11H15Cl3N2O. The van der Waals surface area contributed by atoms with Crippen LogP contribution < -0.4 is 11.2 Å². The molecule has 1 aromatic rings. The van der Waals surface area contributed by atoms with Crippen LogP contribution in [0.5, 0.6) is 0 Å². The smallest absolute Gasteiger partial charge is 0.0624 e. The van der Waals surface area contributed by atoms with E-state index in [1.165, 1.54) is 0 Å². The predicted molar refractivity (Wildman–Crippen MR) is 72.0 cm³/mol. The van der Waals surface area contributed by atoms with Gasteiger partial charge in [-0.15, -0.1) is 0 Å². The third-order valence-corrected chi connectivity index (χ3v) is 3.53. The van der Waals surface area contributed by atoms with Crippen LogP contribution in [0.3, 0.4) is 0 Å². The number of hydroxylamine groups is 1. The first-order valence-electron chi connectivity index (χ1n) is 5.25. The first-order chi connectivity index (χ1) is 8.01. The van der Waals surface area contributed by atoms with Crippen molar-refractivity contribution in [3.8, 4) is 0 Å². The van der Waals surface area contributed by atoms with Crippen molar-refractivity contribution in [1.29, 1.82) is 0 Å². The molecule has 0 aliphatic heterocycles. The zero-order chi connectivity index (χ0) is 13.0. The molecule has 0 aliphatic carbocycles. The molecule has 0 heterocycles. The summed E-state index contributed by atoms with van der Waals surface area (Å²) in [7, 11) is 0. The summed E-state index contributed by atoms with van der Waals surface area (Å²) < 4.78 is 0. The van der Waals surface area contributed by atoms with Crippen LogP contribution in [0.2, 0.25) is 15.1 Å². The molecule has 96 valence electrons. The van der Waals surface area contributed by atoms with Gasteiger partial charge in [-0.2, -0.15) is 5.48 Å². The van der Waals surface area contributed by atoms with Gasteiger partial charge in [-0.05, 0) is 31.0 Å². The van der Waals surface area contributed by atoms with Gasteiger partial charge in [0.2, 0.25) is 0 Å². The summed E-state index contributed by atoms with van der Waals surface area (Å²) in [4.78, 5) is 0. The normalized spacial score (nSPS) is 14.7. The van der Waals surface area contributed by atoms with E-state index in [0.29, 0.717) is 27.2 Å². The second kappa shape index (κ2) is 6.78. The van der Waals surface area contributed by atoms with Crippen molar-refractivity contribution in [3.05, 3.63) is 32.8 Å². The van der Waals surface area contributed by atoms with Gasteiger partial charge in [0.15, 0.2) is 0 Å². The molecule has 1 rings (SSSR count). The lowest BCUT2D eigenvalue weighted by Crippen LogP contribution is -2.26. The van der Waals surface area contributed by atoms with Gasteiger partial charge in [-0.1, -0.05) is 41.7 Å². The summed E-state index contributed by atoms with van der Waals surface area (Å²) in [5.41, 5.74) is 8.38. The molecule has 0 fully saturated rings. The van der Waals surface area contributed by atoms with Gasteiger partial charge in [0.25, 0.3) is 0 Å². The molecule has 0 amide bonds. The Morgan fingerprint density at radius 1 is 1.29 bits per heavy atom. The van der Waals surface area contributed by atoms with E-state index < -0.39 is 0 Å². The molecule has 1 aromatic carbocycles. The molecule has 0 aliphatic rings. The number of rotatable bonds is 5. The van der Waals surface area contributed by atoms with Gasteiger partial charge in [-0.3, -0.25) is 0 Å². The molecule has 17 heavy (non-hydrogen) atoms.